The fraction of sp³-hybridized carbons (Fsp3) is 0.441. The number of H-pyrrole nitrogens is 1. The lowest BCUT2D eigenvalue weighted by atomic mass is 9.98. The lowest BCUT2D eigenvalue weighted by molar-refractivity contribution is -0.145. The number of likely N-dealkylation sites (tertiary alicyclic amines) is 1. The second kappa shape index (κ2) is 16.8. The van der Waals surface area contributed by atoms with Gasteiger partial charge >= 0.3 is 11.9 Å². The minimum atomic E-state index is -3.75. The van der Waals surface area contributed by atoms with Crippen LogP contribution in [0.4, 0.5) is 5.95 Å². The largest absolute Gasteiger partial charge is 0.465 e. The molecule has 0 bridgehead atoms. The molecule has 5 rings (SSSR count). The Morgan fingerprint density at radius 1 is 0.980 bits per heavy atom. The lowest BCUT2D eigenvalue weighted by Crippen LogP contribution is -2.49. The Morgan fingerprint density at radius 2 is 1.55 bits per heavy atom. The van der Waals surface area contributed by atoms with Crippen molar-refractivity contribution in [1.29, 1.82) is 0 Å². The summed E-state index contributed by atoms with van der Waals surface area (Å²) in [5.41, 5.74) is 7.76. The minimum Gasteiger partial charge on any atom is -0.465 e. The first kappa shape index (κ1) is 35.9. The van der Waals surface area contributed by atoms with Gasteiger partial charge in [0.05, 0.1) is 25.8 Å². The number of anilines is 1. The Hall–Kier alpha value is -4.36. The Balaban J connectivity index is 1.42. The molecular formula is C34H45N8O6P. The summed E-state index contributed by atoms with van der Waals surface area (Å²) in [7, 11) is -3.75. The summed E-state index contributed by atoms with van der Waals surface area (Å²) in [6.07, 6.45) is 3.80. The third-order valence-electron chi connectivity index (χ3n) is 8.39. The van der Waals surface area contributed by atoms with Crippen molar-refractivity contribution in [2.75, 3.05) is 38.3 Å². The van der Waals surface area contributed by atoms with Crippen molar-refractivity contribution in [1.82, 2.24) is 34.6 Å². The van der Waals surface area contributed by atoms with Crippen molar-refractivity contribution in [3.63, 3.8) is 0 Å². The molecule has 2 aromatic carbocycles. The number of nitrogen functional groups attached to an aromatic ring is 1. The number of carbonyl (C=O) groups excluding carboxylic acids is 2. The molecule has 3 atom stereocenters. The zero-order valence-corrected chi connectivity index (χ0v) is 28.8. The molecule has 4 aromatic rings. The highest BCUT2D eigenvalue weighted by molar-refractivity contribution is 7.59. The van der Waals surface area contributed by atoms with Gasteiger partial charge in [-0.3, -0.25) is 28.8 Å². The monoisotopic (exact) mass is 692 g/mol. The van der Waals surface area contributed by atoms with E-state index in [0.717, 1.165) is 24.0 Å². The van der Waals surface area contributed by atoms with Gasteiger partial charge in [0.1, 0.15) is 12.1 Å². The van der Waals surface area contributed by atoms with Crippen LogP contribution in [0.15, 0.2) is 71.8 Å². The number of fused-ring (bicyclic) bond motifs is 1. The van der Waals surface area contributed by atoms with Crippen LogP contribution in [0, 0.1) is 5.92 Å². The zero-order valence-electron chi connectivity index (χ0n) is 27.9. The molecule has 1 fully saturated rings. The Morgan fingerprint density at radius 3 is 2.10 bits per heavy atom. The number of rotatable bonds is 16. The highest BCUT2D eigenvalue weighted by Crippen LogP contribution is 2.41. The van der Waals surface area contributed by atoms with E-state index in [1.54, 1.807) is 20.2 Å². The van der Waals surface area contributed by atoms with Crippen LogP contribution in [-0.2, 0) is 43.0 Å². The molecule has 1 aliphatic rings. The van der Waals surface area contributed by atoms with E-state index in [1.165, 1.54) is 0 Å². The molecular weight excluding hydrogens is 647 g/mol. The number of benzene rings is 2. The number of nitrogens with zero attached hydrogens (tertiary/aromatic N) is 4. The van der Waals surface area contributed by atoms with E-state index >= 15 is 4.57 Å². The first-order valence-corrected chi connectivity index (χ1v) is 18.5. The number of hydrogen-bond acceptors (Lipinski definition) is 10. The maximum atomic E-state index is 15.2. The summed E-state index contributed by atoms with van der Waals surface area (Å²) in [6, 6.07) is 17.0. The lowest BCUT2D eigenvalue weighted by Gasteiger charge is -2.37. The number of piperidine rings is 1. The maximum Gasteiger partial charge on any atom is 0.323 e. The van der Waals surface area contributed by atoms with Crippen LogP contribution in [0.25, 0.3) is 11.2 Å². The summed E-state index contributed by atoms with van der Waals surface area (Å²) in [5, 5.41) is 6.33. The fourth-order valence-corrected chi connectivity index (χ4v) is 8.72. The summed E-state index contributed by atoms with van der Waals surface area (Å²) >= 11 is 0. The van der Waals surface area contributed by atoms with Crippen molar-refractivity contribution >= 4 is 36.5 Å². The Bertz CT molecular complexity index is 1730. The standard InChI is InChI=1S/C34H45N8O6P/c1-3-47-32(44)27(18-24-12-7-5-8-13-24)39-49(46,40-28(33(45)48-4-2)19-25-14-9-6-10-15-25)23-41-17-11-16-26(20-41)21-42-22-36-29-30(42)37-34(35)38-31(29)43/h5-10,12-15,22,26-28H,3-4,11,16-21,23H2,1-2H3,(H2,39,40,46)(H3,35,37,38,43)/t26?,27-,28-/m0/s1. The van der Waals surface area contributed by atoms with Crippen molar-refractivity contribution in [2.45, 2.75) is 58.2 Å². The van der Waals surface area contributed by atoms with Crippen molar-refractivity contribution in [3.05, 3.63) is 88.5 Å². The molecule has 3 heterocycles. The number of aromatic nitrogens is 4. The molecule has 0 spiro atoms. The maximum absolute atomic E-state index is 15.2. The first-order chi connectivity index (χ1) is 23.7. The molecule has 5 N–H and O–H groups in total. The van der Waals surface area contributed by atoms with Gasteiger partial charge in [0.15, 0.2) is 11.2 Å². The predicted octanol–water partition coefficient (Wildman–Crippen LogP) is 3.09. The fourth-order valence-electron chi connectivity index (χ4n) is 6.26. The van der Waals surface area contributed by atoms with Gasteiger partial charge < -0.3 is 19.8 Å². The third kappa shape index (κ3) is 9.85. The van der Waals surface area contributed by atoms with Crippen LogP contribution in [-0.4, -0.2) is 81.0 Å². The molecule has 262 valence electrons. The molecule has 49 heavy (non-hydrogen) atoms. The van der Waals surface area contributed by atoms with Crippen LogP contribution in [0.2, 0.25) is 0 Å². The number of aromatic amines is 1. The van der Waals surface area contributed by atoms with Gasteiger partial charge in [0.2, 0.25) is 13.4 Å². The number of nitrogens with two attached hydrogens (primary N) is 1. The van der Waals surface area contributed by atoms with Crippen LogP contribution in [0.1, 0.15) is 37.8 Å². The number of ether oxygens (including phenoxy) is 2. The summed E-state index contributed by atoms with van der Waals surface area (Å²) in [5.74, 6) is -0.943. The van der Waals surface area contributed by atoms with Gasteiger partial charge in [-0.05, 0) is 63.1 Å². The van der Waals surface area contributed by atoms with E-state index in [-0.39, 0.29) is 49.7 Å². The molecule has 0 aliphatic carbocycles. The SMILES string of the molecule is CCOC(=O)[C@H](Cc1ccccc1)NP(=O)(CN1CCCC(Cn2cnc3c(=O)[nH]c(N)nc32)C1)N[C@@H](Cc1ccccc1)C(=O)OCC. The van der Waals surface area contributed by atoms with Gasteiger partial charge in [-0.15, -0.1) is 0 Å². The second-order valence-electron chi connectivity index (χ2n) is 12.2. The molecule has 0 amide bonds. The molecule has 1 aliphatic heterocycles. The Labute approximate surface area is 285 Å². The zero-order chi connectivity index (χ0) is 34.8. The van der Waals surface area contributed by atoms with E-state index < -0.39 is 37.0 Å². The topological polar surface area (TPSA) is 187 Å². The van der Waals surface area contributed by atoms with Gasteiger partial charge in [0.25, 0.3) is 5.56 Å². The van der Waals surface area contributed by atoms with E-state index in [4.69, 9.17) is 15.2 Å². The molecule has 15 heteroatoms. The van der Waals surface area contributed by atoms with Gasteiger partial charge in [-0.25, -0.2) is 15.2 Å². The van der Waals surface area contributed by atoms with E-state index in [0.29, 0.717) is 25.3 Å². The molecule has 1 unspecified atom stereocenters. The quantitative estimate of drug-likeness (QED) is 0.0995. The van der Waals surface area contributed by atoms with Crippen molar-refractivity contribution in [2.24, 2.45) is 5.92 Å². The number of carbonyl (C=O) groups is 2. The van der Waals surface area contributed by atoms with E-state index in [1.807, 2.05) is 65.2 Å². The summed E-state index contributed by atoms with van der Waals surface area (Å²) < 4.78 is 27.9. The highest BCUT2D eigenvalue weighted by atomic mass is 31.2. The van der Waals surface area contributed by atoms with Crippen LogP contribution in [0.5, 0.6) is 0 Å². The molecule has 2 aromatic heterocycles. The summed E-state index contributed by atoms with van der Waals surface area (Å²) in [6.45, 7) is 5.51. The van der Waals surface area contributed by atoms with Crippen LogP contribution >= 0.6 is 7.44 Å². The average Bonchev–Trinajstić information content (AvgIpc) is 3.48. The van der Waals surface area contributed by atoms with Gasteiger partial charge in [0, 0.05) is 13.1 Å². The number of nitrogens with one attached hydrogen (secondary N) is 3. The second-order valence-corrected chi connectivity index (χ2v) is 14.5. The average molecular weight is 693 g/mol. The van der Waals surface area contributed by atoms with Crippen LogP contribution in [0.3, 0.4) is 0 Å². The predicted molar refractivity (Wildman–Crippen MR) is 187 cm³/mol. The van der Waals surface area contributed by atoms with E-state index in [9.17, 15) is 14.4 Å². The van der Waals surface area contributed by atoms with Gasteiger partial charge in [-0.1, -0.05) is 60.7 Å². The smallest absolute Gasteiger partial charge is 0.323 e. The number of hydrogen-bond donors (Lipinski definition) is 4. The third-order valence-corrected chi connectivity index (χ3v) is 10.6. The first-order valence-electron chi connectivity index (χ1n) is 16.6. The van der Waals surface area contributed by atoms with Crippen molar-refractivity contribution < 1.29 is 23.6 Å². The van der Waals surface area contributed by atoms with Crippen LogP contribution < -0.4 is 21.5 Å². The molecule has 0 saturated carbocycles. The number of imidazole rings is 1. The summed E-state index contributed by atoms with van der Waals surface area (Å²) in [4.78, 5) is 52.1. The Kier molecular flexibility index (Phi) is 12.4. The molecule has 14 nitrogen and oxygen atoms in total. The minimum absolute atomic E-state index is 0.0147. The van der Waals surface area contributed by atoms with E-state index in [2.05, 4.69) is 30.0 Å². The normalized spacial score (nSPS) is 16.7. The van der Waals surface area contributed by atoms with Gasteiger partial charge in [-0.2, -0.15) is 4.98 Å². The number of esters is 2. The van der Waals surface area contributed by atoms with Crippen molar-refractivity contribution in [3.8, 4) is 0 Å². The molecule has 1 saturated heterocycles. The highest BCUT2D eigenvalue weighted by Gasteiger charge is 2.38. The molecule has 0 radical (unpaired) electrons.